The summed E-state index contributed by atoms with van der Waals surface area (Å²) in [5.74, 6) is -0.795. The molecule has 2 heterocycles. The Balaban J connectivity index is 2.50. The minimum Gasteiger partial charge on any atom is -0.287 e. The first-order valence-corrected chi connectivity index (χ1v) is 4.97. The largest absolute Gasteiger partial charge is 0.417 e. The normalized spacial score (nSPS) is 11.3. The average Bonchev–Trinajstić information content (AvgIpc) is 2.38. The van der Waals surface area contributed by atoms with Gasteiger partial charge in [0.25, 0.3) is 0 Å². The van der Waals surface area contributed by atoms with Gasteiger partial charge in [-0.25, -0.2) is 0 Å². The van der Waals surface area contributed by atoms with Crippen LogP contribution in [0.5, 0.6) is 0 Å². The van der Waals surface area contributed by atoms with Crippen LogP contribution in [0.2, 0.25) is 0 Å². The van der Waals surface area contributed by atoms with Crippen LogP contribution in [0.4, 0.5) is 13.2 Å². The summed E-state index contributed by atoms with van der Waals surface area (Å²) in [5.41, 5.74) is -1.55. The fourth-order valence-corrected chi connectivity index (χ4v) is 1.46. The van der Waals surface area contributed by atoms with Crippen molar-refractivity contribution in [3.8, 4) is 0 Å². The number of nitrogens with zero attached hydrogens (tertiary/aromatic N) is 2. The van der Waals surface area contributed by atoms with Crippen molar-refractivity contribution in [2.45, 2.75) is 6.18 Å². The lowest BCUT2D eigenvalue weighted by molar-refractivity contribution is -0.137. The molecule has 2 aromatic heterocycles. The Morgan fingerprint density at radius 1 is 1.11 bits per heavy atom. The second-order valence-corrected chi connectivity index (χ2v) is 3.46. The Bertz CT molecular complexity index is 567. The van der Waals surface area contributed by atoms with Gasteiger partial charge in [-0.1, -0.05) is 6.07 Å². The number of pyridine rings is 2. The summed E-state index contributed by atoms with van der Waals surface area (Å²) in [6.07, 6.45) is -1.35. The summed E-state index contributed by atoms with van der Waals surface area (Å²) in [5, 5.41) is 0. The SMILES string of the molecule is O=C(c1ccccn1)c1cnccc1C(F)(F)F. The highest BCUT2D eigenvalue weighted by molar-refractivity contribution is 6.08. The first-order valence-electron chi connectivity index (χ1n) is 4.97. The molecule has 0 fully saturated rings. The van der Waals surface area contributed by atoms with Gasteiger partial charge < -0.3 is 0 Å². The lowest BCUT2D eigenvalue weighted by Crippen LogP contribution is -2.14. The number of rotatable bonds is 2. The summed E-state index contributed by atoms with van der Waals surface area (Å²) < 4.78 is 38.2. The molecule has 0 bridgehead atoms. The van der Waals surface area contributed by atoms with Gasteiger partial charge in [0.15, 0.2) is 0 Å². The van der Waals surface area contributed by atoms with Crippen molar-refractivity contribution < 1.29 is 18.0 Å². The Hall–Kier alpha value is -2.24. The molecule has 2 rings (SSSR count). The predicted octanol–water partition coefficient (Wildman–Crippen LogP) is 2.73. The van der Waals surface area contributed by atoms with E-state index in [1.807, 2.05) is 0 Å². The van der Waals surface area contributed by atoms with E-state index in [0.29, 0.717) is 0 Å². The molecule has 0 aliphatic carbocycles. The van der Waals surface area contributed by atoms with E-state index in [-0.39, 0.29) is 5.69 Å². The molecule has 0 N–H and O–H groups in total. The molecule has 0 aliphatic heterocycles. The molecule has 0 atom stereocenters. The molecule has 0 saturated carbocycles. The minimum absolute atomic E-state index is 0.0454. The van der Waals surface area contributed by atoms with Gasteiger partial charge in [-0.05, 0) is 18.2 Å². The van der Waals surface area contributed by atoms with Crippen LogP contribution >= 0.6 is 0 Å². The molecule has 2 aromatic rings. The molecular weight excluding hydrogens is 245 g/mol. The molecule has 0 amide bonds. The third-order valence-corrected chi connectivity index (χ3v) is 2.27. The van der Waals surface area contributed by atoms with Crippen molar-refractivity contribution in [2.75, 3.05) is 0 Å². The van der Waals surface area contributed by atoms with Crippen molar-refractivity contribution in [3.05, 3.63) is 59.7 Å². The van der Waals surface area contributed by atoms with Gasteiger partial charge in [-0.15, -0.1) is 0 Å². The van der Waals surface area contributed by atoms with Crippen LogP contribution in [0.15, 0.2) is 42.9 Å². The van der Waals surface area contributed by atoms with E-state index in [0.717, 1.165) is 18.5 Å². The van der Waals surface area contributed by atoms with Gasteiger partial charge in [0.2, 0.25) is 5.78 Å². The number of carbonyl (C=O) groups excluding carboxylic acids is 1. The van der Waals surface area contributed by atoms with E-state index in [1.54, 1.807) is 6.07 Å². The van der Waals surface area contributed by atoms with E-state index in [1.165, 1.54) is 18.3 Å². The highest BCUT2D eigenvalue weighted by atomic mass is 19.4. The van der Waals surface area contributed by atoms with E-state index >= 15 is 0 Å². The molecule has 0 radical (unpaired) electrons. The van der Waals surface area contributed by atoms with Crippen LogP contribution < -0.4 is 0 Å². The average molecular weight is 252 g/mol. The lowest BCUT2D eigenvalue weighted by Gasteiger charge is -2.10. The summed E-state index contributed by atoms with van der Waals surface area (Å²) in [4.78, 5) is 19.2. The first kappa shape index (κ1) is 12.2. The van der Waals surface area contributed by atoms with Gasteiger partial charge in [0, 0.05) is 18.6 Å². The van der Waals surface area contributed by atoms with Crippen molar-refractivity contribution >= 4 is 5.78 Å². The third kappa shape index (κ3) is 2.37. The maximum absolute atomic E-state index is 12.7. The smallest absolute Gasteiger partial charge is 0.287 e. The molecule has 0 unspecified atom stereocenters. The summed E-state index contributed by atoms with van der Waals surface area (Å²) in [7, 11) is 0. The van der Waals surface area contributed by atoms with Gasteiger partial charge in [-0.3, -0.25) is 14.8 Å². The number of halogens is 3. The van der Waals surface area contributed by atoms with Crippen molar-refractivity contribution in [1.29, 1.82) is 0 Å². The fraction of sp³-hybridized carbons (Fsp3) is 0.0833. The molecule has 0 spiro atoms. The quantitative estimate of drug-likeness (QED) is 0.772. The second-order valence-electron chi connectivity index (χ2n) is 3.46. The molecule has 6 heteroatoms. The minimum atomic E-state index is -4.59. The monoisotopic (exact) mass is 252 g/mol. The topological polar surface area (TPSA) is 42.9 Å². The summed E-state index contributed by atoms with van der Waals surface area (Å²) >= 11 is 0. The number of aromatic nitrogens is 2. The highest BCUT2D eigenvalue weighted by Gasteiger charge is 2.35. The van der Waals surface area contributed by atoms with Crippen LogP contribution in [-0.4, -0.2) is 15.8 Å². The number of ketones is 1. The molecule has 0 saturated heterocycles. The third-order valence-electron chi connectivity index (χ3n) is 2.27. The molecule has 92 valence electrons. The van der Waals surface area contributed by atoms with E-state index in [9.17, 15) is 18.0 Å². The number of hydrogen-bond donors (Lipinski definition) is 0. The maximum Gasteiger partial charge on any atom is 0.417 e. The van der Waals surface area contributed by atoms with E-state index < -0.39 is 23.1 Å². The summed E-state index contributed by atoms with van der Waals surface area (Å²) in [6.45, 7) is 0. The maximum atomic E-state index is 12.7. The van der Waals surface area contributed by atoms with Crippen molar-refractivity contribution in [3.63, 3.8) is 0 Å². The van der Waals surface area contributed by atoms with E-state index in [4.69, 9.17) is 0 Å². The van der Waals surface area contributed by atoms with Crippen LogP contribution in [-0.2, 0) is 6.18 Å². The second kappa shape index (κ2) is 4.56. The zero-order valence-electron chi connectivity index (χ0n) is 8.98. The van der Waals surface area contributed by atoms with Gasteiger partial charge in [-0.2, -0.15) is 13.2 Å². The molecule has 18 heavy (non-hydrogen) atoms. The van der Waals surface area contributed by atoms with Crippen LogP contribution in [0.3, 0.4) is 0 Å². The first-order chi connectivity index (χ1) is 8.50. The number of hydrogen-bond acceptors (Lipinski definition) is 3. The Labute approximate surface area is 100 Å². The fourth-order valence-electron chi connectivity index (χ4n) is 1.46. The molecular formula is C12H7F3N2O. The van der Waals surface area contributed by atoms with Crippen molar-refractivity contribution in [2.24, 2.45) is 0 Å². The summed E-state index contributed by atoms with van der Waals surface area (Å²) in [6, 6.07) is 5.24. The number of alkyl halides is 3. The highest BCUT2D eigenvalue weighted by Crippen LogP contribution is 2.32. The standard InChI is InChI=1S/C12H7F3N2O/c13-12(14,15)9-4-6-16-7-8(9)11(18)10-3-1-2-5-17-10/h1-7H. The molecule has 3 nitrogen and oxygen atoms in total. The van der Waals surface area contributed by atoms with Crippen LogP contribution in [0.25, 0.3) is 0 Å². The lowest BCUT2D eigenvalue weighted by atomic mass is 10.0. The van der Waals surface area contributed by atoms with Crippen LogP contribution in [0.1, 0.15) is 21.6 Å². The van der Waals surface area contributed by atoms with Crippen molar-refractivity contribution in [1.82, 2.24) is 9.97 Å². The van der Waals surface area contributed by atoms with Gasteiger partial charge in [0.05, 0.1) is 11.1 Å². The Morgan fingerprint density at radius 3 is 2.50 bits per heavy atom. The predicted molar refractivity (Wildman–Crippen MR) is 56.9 cm³/mol. The Morgan fingerprint density at radius 2 is 1.89 bits per heavy atom. The Kier molecular flexibility index (Phi) is 3.10. The van der Waals surface area contributed by atoms with E-state index in [2.05, 4.69) is 9.97 Å². The number of carbonyl (C=O) groups is 1. The van der Waals surface area contributed by atoms with Gasteiger partial charge in [0.1, 0.15) is 5.69 Å². The molecule has 0 aromatic carbocycles. The zero-order chi connectivity index (χ0) is 13.2. The van der Waals surface area contributed by atoms with Gasteiger partial charge >= 0.3 is 6.18 Å². The van der Waals surface area contributed by atoms with Crippen LogP contribution in [0, 0.1) is 0 Å². The molecule has 0 aliphatic rings. The zero-order valence-corrected chi connectivity index (χ0v) is 8.98.